The molecule has 5 aliphatic rings. The van der Waals surface area contributed by atoms with Crippen molar-refractivity contribution in [1.29, 1.82) is 0 Å². The van der Waals surface area contributed by atoms with Crippen LogP contribution in [0.3, 0.4) is 0 Å². The molecule has 0 aromatic rings. The van der Waals surface area contributed by atoms with Crippen LogP contribution in [0.1, 0.15) is 53.4 Å². The zero-order chi connectivity index (χ0) is 10.6. The topological polar surface area (TPSA) is 0 Å². The smallest absolute Gasteiger partial charge is 0.0204 e. The zero-order valence-corrected chi connectivity index (χ0v) is 10.6. The van der Waals surface area contributed by atoms with Crippen LogP contribution in [0.15, 0.2) is 0 Å². The van der Waals surface area contributed by atoms with Gasteiger partial charge in [-0.05, 0) is 65.6 Å². The van der Waals surface area contributed by atoms with Gasteiger partial charge in [0.2, 0.25) is 0 Å². The predicted molar refractivity (Wildman–Crippen MR) is 62.4 cm³/mol. The first-order valence-electron chi connectivity index (χ1n) is 6.95. The monoisotopic (exact) mass is 204 g/mol. The Morgan fingerprint density at radius 1 is 1.00 bits per heavy atom. The highest BCUT2D eigenvalue weighted by Gasteiger charge is 2.84. The van der Waals surface area contributed by atoms with Gasteiger partial charge in [0.25, 0.3) is 0 Å². The van der Waals surface area contributed by atoms with Gasteiger partial charge in [0, 0.05) is 0 Å². The molecule has 15 heavy (non-hydrogen) atoms. The molecule has 0 heteroatoms. The molecule has 5 rings (SSSR count). The Morgan fingerprint density at radius 2 is 1.73 bits per heavy atom. The first kappa shape index (κ1) is 9.07. The van der Waals surface area contributed by atoms with E-state index in [-0.39, 0.29) is 0 Å². The quantitative estimate of drug-likeness (QED) is 0.557. The van der Waals surface area contributed by atoms with Crippen molar-refractivity contribution in [3.8, 4) is 0 Å². The van der Waals surface area contributed by atoms with Gasteiger partial charge in [-0.15, -0.1) is 0 Å². The Balaban J connectivity index is 1.91. The summed E-state index contributed by atoms with van der Waals surface area (Å²) < 4.78 is 0. The molecule has 84 valence electrons. The lowest BCUT2D eigenvalue weighted by Crippen LogP contribution is -2.54. The second kappa shape index (κ2) is 2.05. The van der Waals surface area contributed by atoms with E-state index < -0.39 is 0 Å². The van der Waals surface area contributed by atoms with Crippen molar-refractivity contribution in [2.45, 2.75) is 53.4 Å². The molecule has 0 aromatic carbocycles. The minimum Gasteiger partial charge on any atom is -0.0622 e. The van der Waals surface area contributed by atoms with Crippen molar-refractivity contribution in [1.82, 2.24) is 0 Å². The molecule has 5 aliphatic carbocycles. The maximum atomic E-state index is 2.64. The molecule has 0 nitrogen and oxygen atoms in total. The molecule has 5 fully saturated rings. The van der Waals surface area contributed by atoms with E-state index in [1.165, 1.54) is 12.8 Å². The third-order valence-corrected chi connectivity index (χ3v) is 8.12. The van der Waals surface area contributed by atoms with Gasteiger partial charge < -0.3 is 0 Å². The third-order valence-electron chi connectivity index (χ3n) is 8.12. The number of hydrogen-bond acceptors (Lipinski definition) is 0. The van der Waals surface area contributed by atoms with Crippen LogP contribution in [0.5, 0.6) is 0 Å². The van der Waals surface area contributed by atoms with Gasteiger partial charge >= 0.3 is 0 Å². The van der Waals surface area contributed by atoms with Crippen LogP contribution in [0.25, 0.3) is 0 Å². The third kappa shape index (κ3) is 0.620. The van der Waals surface area contributed by atoms with Crippen LogP contribution in [0.4, 0.5) is 0 Å². The molecular weight excluding hydrogens is 180 g/mol. The zero-order valence-electron chi connectivity index (χ0n) is 10.6. The fourth-order valence-corrected chi connectivity index (χ4v) is 6.80. The molecular formula is C15H24. The summed E-state index contributed by atoms with van der Waals surface area (Å²) >= 11 is 0. The van der Waals surface area contributed by atoms with E-state index in [0.717, 1.165) is 29.1 Å². The highest BCUT2D eigenvalue weighted by Crippen LogP contribution is 2.90. The summed E-state index contributed by atoms with van der Waals surface area (Å²) in [6.07, 6.45) is 6.17. The first-order chi connectivity index (χ1) is 6.95. The molecule has 0 unspecified atom stereocenters. The van der Waals surface area contributed by atoms with Gasteiger partial charge in [-0.3, -0.25) is 0 Å². The van der Waals surface area contributed by atoms with E-state index in [0.29, 0.717) is 10.8 Å². The summed E-state index contributed by atoms with van der Waals surface area (Å²) in [6.45, 7) is 10.4. The summed E-state index contributed by atoms with van der Waals surface area (Å²) in [6, 6.07) is 0. The van der Waals surface area contributed by atoms with Gasteiger partial charge in [-0.2, -0.15) is 0 Å². The van der Waals surface area contributed by atoms with Crippen molar-refractivity contribution in [3.63, 3.8) is 0 Å². The van der Waals surface area contributed by atoms with Crippen molar-refractivity contribution in [3.05, 3.63) is 0 Å². The standard InChI is InChI=1S/C15H24/c1-9-5-6-14(3)13(2)8-12-11(7-10(9)13)15(12,14)4/h9-12H,5-8H2,1-4H3/t9-,10-,11-,12+,13-,14+,15-/m0/s1. The molecule has 0 aromatic heterocycles. The van der Waals surface area contributed by atoms with E-state index in [9.17, 15) is 0 Å². The number of hydrogen-bond donors (Lipinski definition) is 0. The van der Waals surface area contributed by atoms with Gasteiger partial charge in [-0.1, -0.05) is 27.7 Å². The van der Waals surface area contributed by atoms with Crippen molar-refractivity contribution < 1.29 is 0 Å². The Hall–Kier alpha value is 0. The summed E-state index contributed by atoms with van der Waals surface area (Å²) in [5.41, 5.74) is 2.17. The van der Waals surface area contributed by atoms with E-state index >= 15 is 0 Å². The Kier molecular flexibility index (Phi) is 1.24. The van der Waals surface area contributed by atoms with E-state index in [1.807, 2.05) is 0 Å². The Morgan fingerprint density at radius 3 is 2.47 bits per heavy atom. The second-order valence-corrected chi connectivity index (χ2v) is 7.81. The van der Waals surface area contributed by atoms with E-state index in [2.05, 4.69) is 27.7 Å². The summed E-state index contributed by atoms with van der Waals surface area (Å²) in [4.78, 5) is 0. The molecule has 5 saturated carbocycles. The van der Waals surface area contributed by atoms with Crippen LogP contribution < -0.4 is 0 Å². The average molecular weight is 204 g/mol. The van der Waals surface area contributed by atoms with Gasteiger partial charge in [0.05, 0.1) is 0 Å². The lowest BCUT2D eigenvalue weighted by molar-refractivity contribution is -0.131. The average Bonchev–Trinajstić information content (AvgIpc) is 2.71. The van der Waals surface area contributed by atoms with Crippen LogP contribution >= 0.6 is 0 Å². The molecule has 7 atom stereocenters. The molecule has 6 bridgehead atoms. The maximum absolute atomic E-state index is 2.64. The molecule has 0 amide bonds. The fourth-order valence-electron chi connectivity index (χ4n) is 6.80. The SMILES string of the molecule is C[C@H]1CC[C@@]2(C)[C@]3(C)[C@@H]4C[C@@]2(C)[C@H]1C[C@@H]43. The lowest BCUT2D eigenvalue weighted by Gasteiger charge is -2.61. The molecule has 0 spiro atoms. The normalized spacial score (nSPS) is 74.4. The van der Waals surface area contributed by atoms with Crippen molar-refractivity contribution in [2.24, 2.45) is 39.9 Å². The summed E-state index contributed by atoms with van der Waals surface area (Å²) in [7, 11) is 0. The Labute approximate surface area is 93.8 Å². The highest BCUT2D eigenvalue weighted by molar-refractivity contribution is 5.32. The fraction of sp³-hybridized carbons (Fsp3) is 1.00. The predicted octanol–water partition coefficient (Wildman–Crippen LogP) is 4.10. The van der Waals surface area contributed by atoms with Crippen LogP contribution in [0, 0.1) is 39.9 Å². The summed E-state index contributed by atoms with van der Waals surface area (Å²) in [5, 5.41) is 0. The van der Waals surface area contributed by atoms with Gasteiger partial charge in [0.15, 0.2) is 0 Å². The lowest BCUT2D eigenvalue weighted by atomic mass is 9.43. The van der Waals surface area contributed by atoms with E-state index in [4.69, 9.17) is 0 Å². The molecule has 0 heterocycles. The first-order valence-corrected chi connectivity index (χ1v) is 6.95. The number of rotatable bonds is 0. The van der Waals surface area contributed by atoms with Crippen LogP contribution in [-0.2, 0) is 0 Å². The highest BCUT2D eigenvalue weighted by atomic mass is 14.9. The minimum absolute atomic E-state index is 0.699. The summed E-state index contributed by atoms with van der Waals surface area (Å²) in [5.74, 6) is 4.31. The van der Waals surface area contributed by atoms with Gasteiger partial charge in [-0.25, -0.2) is 0 Å². The van der Waals surface area contributed by atoms with Crippen molar-refractivity contribution in [2.75, 3.05) is 0 Å². The largest absolute Gasteiger partial charge is 0.0622 e. The van der Waals surface area contributed by atoms with Crippen LogP contribution in [-0.4, -0.2) is 0 Å². The minimum atomic E-state index is 0.699. The second-order valence-electron chi connectivity index (χ2n) is 7.81. The molecule has 0 aliphatic heterocycles. The molecule has 0 N–H and O–H groups in total. The van der Waals surface area contributed by atoms with Crippen molar-refractivity contribution >= 4 is 0 Å². The molecule has 0 radical (unpaired) electrons. The molecule has 0 saturated heterocycles. The maximum Gasteiger partial charge on any atom is -0.0204 e. The van der Waals surface area contributed by atoms with Gasteiger partial charge in [0.1, 0.15) is 0 Å². The van der Waals surface area contributed by atoms with Crippen LogP contribution in [0.2, 0.25) is 0 Å². The Bertz CT molecular complexity index is 346. The van der Waals surface area contributed by atoms with E-state index in [1.54, 1.807) is 12.8 Å².